The topological polar surface area (TPSA) is 12.5 Å². The summed E-state index contributed by atoms with van der Waals surface area (Å²) >= 11 is 0. The Balaban J connectivity index is 0. The minimum atomic E-state index is 0.611. The zero-order valence-corrected chi connectivity index (χ0v) is 10.4. The van der Waals surface area contributed by atoms with Crippen LogP contribution in [0.25, 0.3) is 0 Å². The molecule has 0 aromatic carbocycles. The molecule has 2 heteroatoms. The summed E-state index contributed by atoms with van der Waals surface area (Å²) in [4.78, 5) is 2.34. The predicted octanol–water partition coefficient (Wildman–Crippen LogP) is 2.64. The normalized spacial score (nSPS) is 14.8. The molecule has 0 rings (SSSR count). The van der Waals surface area contributed by atoms with Crippen LogP contribution in [0.1, 0.15) is 34.6 Å². The first-order valence-electron chi connectivity index (χ1n) is 5.32. The summed E-state index contributed by atoms with van der Waals surface area (Å²) in [5.74, 6) is 0.616. The minimum Gasteiger partial charge on any atom is -0.384 e. The van der Waals surface area contributed by atoms with Gasteiger partial charge in [0, 0.05) is 13.2 Å². The Labute approximate surface area is 84.3 Å². The highest BCUT2D eigenvalue weighted by Gasteiger charge is 2.14. The van der Waals surface area contributed by atoms with Crippen molar-refractivity contribution in [2.24, 2.45) is 5.92 Å². The van der Waals surface area contributed by atoms with Gasteiger partial charge in [-0.2, -0.15) is 0 Å². The number of hydrogen-bond acceptors (Lipinski definition) is 2. The number of rotatable bonds is 5. The van der Waals surface area contributed by atoms with Gasteiger partial charge in [0.05, 0.1) is 6.61 Å². The number of ether oxygens (including phenoxy) is 1. The molecule has 0 aliphatic carbocycles. The third-order valence-electron chi connectivity index (χ3n) is 2.45. The average molecular weight is 189 g/mol. The van der Waals surface area contributed by atoms with Crippen LogP contribution in [0.15, 0.2) is 0 Å². The molecule has 2 nitrogen and oxygen atoms in total. The van der Waals surface area contributed by atoms with E-state index in [-0.39, 0.29) is 0 Å². The van der Waals surface area contributed by atoms with Gasteiger partial charge in [-0.1, -0.05) is 27.7 Å². The molecule has 0 radical (unpaired) electrons. The Morgan fingerprint density at radius 1 is 1.23 bits per heavy atom. The van der Waals surface area contributed by atoms with E-state index < -0.39 is 0 Å². The smallest absolute Gasteiger partial charge is 0.0502 e. The van der Waals surface area contributed by atoms with Crippen molar-refractivity contribution in [1.29, 1.82) is 0 Å². The van der Waals surface area contributed by atoms with Gasteiger partial charge in [0.2, 0.25) is 0 Å². The molecule has 0 aliphatic rings. The van der Waals surface area contributed by atoms with Crippen molar-refractivity contribution in [1.82, 2.24) is 4.90 Å². The summed E-state index contributed by atoms with van der Waals surface area (Å²) in [5.41, 5.74) is 0. The molecule has 2 unspecified atom stereocenters. The van der Waals surface area contributed by atoms with E-state index in [1.807, 2.05) is 13.8 Å². The Morgan fingerprint density at radius 3 is 2.00 bits per heavy atom. The van der Waals surface area contributed by atoms with Gasteiger partial charge in [-0.15, -0.1) is 0 Å². The van der Waals surface area contributed by atoms with E-state index in [0.29, 0.717) is 12.0 Å². The van der Waals surface area contributed by atoms with Crippen LogP contribution in [0, 0.1) is 5.92 Å². The highest BCUT2D eigenvalue weighted by molar-refractivity contribution is 4.68. The lowest BCUT2D eigenvalue weighted by Gasteiger charge is -2.28. The first-order valence-corrected chi connectivity index (χ1v) is 5.32. The van der Waals surface area contributed by atoms with Gasteiger partial charge in [-0.3, -0.25) is 0 Å². The molecule has 0 spiro atoms. The van der Waals surface area contributed by atoms with E-state index in [2.05, 4.69) is 32.7 Å². The largest absolute Gasteiger partial charge is 0.384 e. The molecule has 0 amide bonds. The molecule has 13 heavy (non-hydrogen) atoms. The lowest BCUT2D eigenvalue weighted by Crippen LogP contribution is -2.35. The molecule has 82 valence electrons. The zero-order valence-electron chi connectivity index (χ0n) is 10.4. The number of hydrogen-bond donors (Lipinski definition) is 0. The second kappa shape index (κ2) is 10.0. The molecule has 0 fully saturated rings. The van der Waals surface area contributed by atoms with Crippen LogP contribution >= 0.6 is 0 Å². The molecular formula is C11H27NO. The third kappa shape index (κ3) is 7.03. The Bertz CT molecular complexity index is 96.1. The lowest BCUT2D eigenvalue weighted by molar-refractivity contribution is 0.105. The second-order valence-electron chi connectivity index (χ2n) is 3.25. The molecule has 0 saturated heterocycles. The fourth-order valence-corrected chi connectivity index (χ4v) is 1.12. The van der Waals surface area contributed by atoms with E-state index >= 15 is 0 Å². The van der Waals surface area contributed by atoms with Crippen molar-refractivity contribution in [3.8, 4) is 0 Å². The first kappa shape index (κ1) is 15.4. The van der Waals surface area contributed by atoms with Gasteiger partial charge in [0.25, 0.3) is 0 Å². The van der Waals surface area contributed by atoms with Crippen molar-refractivity contribution in [2.75, 3.05) is 27.3 Å². The quantitative estimate of drug-likeness (QED) is 0.659. The fourth-order valence-electron chi connectivity index (χ4n) is 1.12. The highest BCUT2D eigenvalue weighted by Crippen LogP contribution is 2.08. The maximum Gasteiger partial charge on any atom is 0.0502 e. The third-order valence-corrected chi connectivity index (χ3v) is 2.45. The van der Waals surface area contributed by atoms with Gasteiger partial charge < -0.3 is 9.64 Å². The van der Waals surface area contributed by atoms with Gasteiger partial charge in [0.1, 0.15) is 0 Å². The lowest BCUT2D eigenvalue weighted by atomic mass is 10.0. The fraction of sp³-hybridized carbons (Fsp3) is 1.00. The minimum absolute atomic E-state index is 0.611. The Hall–Kier alpha value is -0.0800. The summed E-state index contributed by atoms with van der Waals surface area (Å²) in [6, 6.07) is 0.611. The summed E-state index contributed by atoms with van der Waals surface area (Å²) in [6.45, 7) is 12.6. The van der Waals surface area contributed by atoms with Crippen LogP contribution in [0.4, 0.5) is 0 Å². The van der Waals surface area contributed by atoms with Crippen LogP contribution in [-0.2, 0) is 4.74 Å². The Kier molecular flexibility index (Phi) is 11.8. The maximum absolute atomic E-state index is 5.09. The van der Waals surface area contributed by atoms with E-state index in [4.69, 9.17) is 4.74 Å². The Morgan fingerprint density at radius 2 is 1.69 bits per heavy atom. The monoisotopic (exact) mass is 189 g/mol. The van der Waals surface area contributed by atoms with Crippen LogP contribution < -0.4 is 0 Å². The molecule has 2 atom stereocenters. The molecule has 0 N–H and O–H groups in total. The van der Waals surface area contributed by atoms with Gasteiger partial charge >= 0.3 is 0 Å². The summed E-state index contributed by atoms with van der Waals surface area (Å²) in [6.07, 6.45) is 0. The van der Waals surface area contributed by atoms with Crippen molar-refractivity contribution in [2.45, 2.75) is 40.7 Å². The first-order chi connectivity index (χ1) is 6.13. The van der Waals surface area contributed by atoms with E-state index in [9.17, 15) is 0 Å². The molecule has 0 aromatic heterocycles. The van der Waals surface area contributed by atoms with Crippen molar-refractivity contribution in [3.05, 3.63) is 0 Å². The van der Waals surface area contributed by atoms with E-state index in [0.717, 1.165) is 13.2 Å². The van der Waals surface area contributed by atoms with Gasteiger partial charge in [0.15, 0.2) is 0 Å². The van der Waals surface area contributed by atoms with Gasteiger partial charge in [-0.05, 0) is 26.4 Å². The van der Waals surface area contributed by atoms with Crippen LogP contribution in [0.3, 0.4) is 0 Å². The van der Waals surface area contributed by atoms with E-state index in [1.54, 1.807) is 7.11 Å². The van der Waals surface area contributed by atoms with Gasteiger partial charge in [-0.25, -0.2) is 0 Å². The van der Waals surface area contributed by atoms with Crippen molar-refractivity contribution in [3.63, 3.8) is 0 Å². The predicted molar refractivity (Wildman–Crippen MR) is 60.2 cm³/mol. The molecule has 0 heterocycles. The van der Waals surface area contributed by atoms with Crippen LogP contribution in [0.5, 0.6) is 0 Å². The van der Waals surface area contributed by atoms with Crippen molar-refractivity contribution < 1.29 is 4.74 Å². The standard InChI is InChI=1S/C9H21NO.C2H6/c1-6-10(4)9(3)8(2)7-11-5;1-2/h8-9H,6-7H2,1-5H3;1-2H3. The maximum atomic E-state index is 5.09. The molecule has 0 aromatic rings. The molecular weight excluding hydrogens is 162 g/mol. The number of methoxy groups -OCH3 is 1. The SMILES string of the molecule is CC.CCN(C)C(C)C(C)COC. The summed E-state index contributed by atoms with van der Waals surface area (Å²) < 4.78 is 5.09. The molecule has 0 saturated carbocycles. The zero-order chi connectivity index (χ0) is 10.9. The summed E-state index contributed by atoms with van der Waals surface area (Å²) in [5, 5.41) is 0. The van der Waals surface area contributed by atoms with E-state index in [1.165, 1.54) is 0 Å². The number of nitrogens with zero attached hydrogens (tertiary/aromatic N) is 1. The molecule has 0 aliphatic heterocycles. The van der Waals surface area contributed by atoms with Crippen molar-refractivity contribution >= 4 is 0 Å². The molecule has 0 bridgehead atoms. The summed E-state index contributed by atoms with van der Waals surface area (Å²) in [7, 11) is 3.91. The highest BCUT2D eigenvalue weighted by atomic mass is 16.5. The van der Waals surface area contributed by atoms with Crippen LogP contribution in [-0.4, -0.2) is 38.3 Å². The average Bonchev–Trinajstić information content (AvgIpc) is 2.19. The second-order valence-corrected chi connectivity index (χ2v) is 3.25. The van der Waals surface area contributed by atoms with Crippen LogP contribution in [0.2, 0.25) is 0 Å².